The van der Waals surface area contributed by atoms with Crippen LogP contribution in [-0.2, 0) is 13.6 Å². The molecule has 1 saturated carbocycles. The number of hydrogen-bond donors (Lipinski definition) is 2. The minimum atomic E-state index is 0.605. The Morgan fingerprint density at radius 2 is 2.24 bits per heavy atom. The first-order valence-corrected chi connectivity index (χ1v) is 7.65. The fourth-order valence-electron chi connectivity index (χ4n) is 2.44. The maximum atomic E-state index is 4.24. The molecule has 1 fully saturated rings. The fourth-order valence-corrected chi connectivity index (χ4v) is 2.44. The number of aliphatic imine (C=N–C) groups is 1. The number of nitrogens with zero attached hydrogens (tertiary/aromatic N) is 5. The molecule has 0 saturated heterocycles. The van der Waals surface area contributed by atoms with Crippen LogP contribution >= 0.6 is 0 Å². The Bertz CT molecular complexity index is 460. The summed E-state index contributed by atoms with van der Waals surface area (Å²) in [6.45, 7) is 7.09. The Morgan fingerprint density at radius 3 is 2.76 bits per heavy atom. The minimum Gasteiger partial charge on any atom is -0.355 e. The van der Waals surface area contributed by atoms with E-state index in [9.17, 15) is 0 Å². The summed E-state index contributed by atoms with van der Waals surface area (Å²) in [6.07, 6.45) is 4.25. The van der Waals surface area contributed by atoms with Gasteiger partial charge in [0.2, 0.25) is 0 Å². The number of aromatic nitrogens is 3. The van der Waals surface area contributed by atoms with E-state index in [0.29, 0.717) is 12.6 Å². The summed E-state index contributed by atoms with van der Waals surface area (Å²) in [4.78, 5) is 11.0. The van der Waals surface area contributed by atoms with Crippen molar-refractivity contribution in [3.05, 3.63) is 12.2 Å². The van der Waals surface area contributed by atoms with E-state index < -0.39 is 0 Å². The van der Waals surface area contributed by atoms with Crippen molar-refractivity contribution in [3.8, 4) is 0 Å². The molecule has 2 N–H and O–H groups in total. The zero-order chi connectivity index (χ0) is 15.2. The maximum Gasteiger partial charge on any atom is 0.191 e. The van der Waals surface area contributed by atoms with Gasteiger partial charge in [-0.1, -0.05) is 0 Å². The zero-order valence-corrected chi connectivity index (χ0v) is 13.5. The van der Waals surface area contributed by atoms with Crippen LogP contribution in [-0.4, -0.2) is 57.8 Å². The summed E-state index contributed by atoms with van der Waals surface area (Å²) in [5.41, 5.74) is 0. The Morgan fingerprint density at radius 1 is 1.48 bits per heavy atom. The normalized spacial score (nSPS) is 15.8. The zero-order valence-electron chi connectivity index (χ0n) is 13.5. The molecule has 0 unspecified atom stereocenters. The summed E-state index contributed by atoms with van der Waals surface area (Å²) in [7, 11) is 3.67. The summed E-state index contributed by atoms with van der Waals surface area (Å²) >= 11 is 0. The minimum absolute atomic E-state index is 0.605. The number of rotatable bonds is 7. The van der Waals surface area contributed by atoms with Crippen molar-refractivity contribution in [2.45, 2.75) is 45.3 Å². The fraction of sp³-hybridized carbons (Fsp3) is 0.786. The molecule has 0 bridgehead atoms. The van der Waals surface area contributed by atoms with Crippen LogP contribution in [0.3, 0.4) is 0 Å². The lowest BCUT2D eigenvalue weighted by atomic mass is 10.3. The van der Waals surface area contributed by atoms with Crippen LogP contribution in [0.2, 0.25) is 0 Å². The first kappa shape index (κ1) is 15.8. The van der Waals surface area contributed by atoms with Crippen LogP contribution in [0.4, 0.5) is 0 Å². The molecule has 0 amide bonds. The van der Waals surface area contributed by atoms with Crippen LogP contribution in [0, 0.1) is 0 Å². The highest BCUT2D eigenvalue weighted by atomic mass is 15.3. The molecule has 118 valence electrons. The van der Waals surface area contributed by atoms with Gasteiger partial charge in [-0.3, -0.25) is 14.6 Å². The van der Waals surface area contributed by atoms with Crippen LogP contribution in [0.25, 0.3) is 0 Å². The quantitative estimate of drug-likeness (QED) is 0.561. The SMILES string of the molecule is CN=C(NCCN(C(C)C)C1CC1)NCc1ncnn1C. The first-order valence-electron chi connectivity index (χ1n) is 7.65. The highest BCUT2D eigenvalue weighted by Crippen LogP contribution is 2.27. The van der Waals surface area contributed by atoms with Gasteiger partial charge in [0.05, 0.1) is 6.54 Å². The lowest BCUT2D eigenvalue weighted by Gasteiger charge is -2.26. The molecular formula is C14H27N7. The van der Waals surface area contributed by atoms with Gasteiger partial charge >= 0.3 is 0 Å². The van der Waals surface area contributed by atoms with E-state index >= 15 is 0 Å². The summed E-state index contributed by atoms with van der Waals surface area (Å²) in [5.74, 6) is 1.69. The number of guanidine groups is 1. The van der Waals surface area contributed by atoms with Crippen molar-refractivity contribution >= 4 is 5.96 Å². The van der Waals surface area contributed by atoms with Crippen molar-refractivity contribution in [3.63, 3.8) is 0 Å². The average molecular weight is 293 g/mol. The highest BCUT2D eigenvalue weighted by molar-refractivity contribution is 5.79. The van der Waals surface area contributed by atoms with Crippen LogP contribution in [0.15, 0.2) is 11.3 Å². The van der Waals surface area contributed by atoms with Crippen molar-refractivity contribution in [2.75, 3.05) is 20.1 Å². The second-order valence-corrected chi connectivity index (χ2v) is 5.72. The van der Waals surface area contributed by atoms with E-state index in [0.717, 1.165) is 30.9 Å². The van der Waals surface area contributed by atoms with E-state index in [1.165, 1.54) is 12.8 Å². The van der Waals surface area contributed by atoms with Gasteiger partial charge in [-0.05, 0) is 26.7 Å². The molecule has 0 radical (unpaired) electrons. The molecule has 0 spiro atoms. The molecule has 7 heteroatoms. The van der Waals surface area contributed by atoms with Gasteiger partial charge in [-0.15, -0.1) is 0 Å². The number of hydrogen-bond acceptors (Lipinski definition) is 4. The van der Waals surface area contributed by atoms with Gasteiger partial charge < -0.3 is 10.6 Å². The molecule has 21 heavy (non-hydrogen) atoms. The van der Waals surface area contributed by atoms with Gasteiger partial charge in [0.25, 0.3) is 0 Å². The summed E-state index contributed by atoms with van der Waals surface area (Å²) in [6, 6.07) is 1.40. The summed E-state index contributed by atoms with van der Waals surface area (Å²) in [5, 5.41) is 10.7. The van der Waals surface area contributed by atoms with Crippen molar-refractivity contribution < 1.29 is 0 Å². The third-order valence-corrected chi connectivity index (χ3v) is 3.78. The predicted octanol–water partition coefficient (Wildman–Crippen LogP) is 0.353. The second kappa shape index (κ2) is 7.40. The third kappa shape index (κ3) is 4.70. The molecule has 7 nitrogen and oxygen atoms in total. The van der Waals surface area contributed by atoms with Crippen molar-refractivity contribution in [2.24, 2.45) is 12.0 Å². The first-order chi connectivity index (χ1) is 10.1. The van der Waals surface area contributed by atoms with Crippen LogP contribution < -0.4 is 10.6 Å². The molecule has 2 rings (SSSR count). The molecule has 0 aromatic carbocycles. The monoisotopic (exact) mass is 293 g/mol. The van der Waals surface area contributed by atoms with E-state index in [4.69, 9.17) is 0 Å². The lowest BCUT2D eigenvalue weighted by molar-refractivity contribution is 0.215. The van der Waals surface area contributed by atoms with Crippen molar-refractivity contribution in [1.29, 1.82) is 0 Å². The molecule has 1 heterocycles. The summed E-state index contributed by atoms with van der Waals surface area (Å²) < 4.78 is 1.76. The maximum absolute atomic E-state index is 4.24. The van der Waals surface area contributed by atoms with Crippen molar-refractivity contribution in [1.82, 2.24) is 30.3 Å². The molecule has 1 aliphatic rings. The van der Waals surface area contributed by atoms with Gasteiger partial charge in [0.1, 0.15) is 12.2 Å². The second-order valence-electron chi connectivity index (χ2n) is 5.72. The van der Waals surface area contributed by atoms with E-state index in [1.54, 1.807) is 18.1 Å². The van der Waals surface area contributed by atoms with Gasteiger partial charge in [-0.2, -0.15) is 5.10 Å². The van der Waals surface area contributed by atoms with Crippen LogP contribution in [0.5, 0.6) is 0 Å². The molecule has 0 atom stereocenters. The molecule has 1 aliphatic carbocycles. The van der Waals surface area contributed by atoms with Gasteiger partial charge in [0, 0.05) is 39.3 Å². The number of aryl methyl sites for hydroxylation is 1. The van der Waals surface area contributed by atoms with E-state index in [1.807, 2.05) is 7.05 Å². The standard InChI is InChI=1S/C14H27N7/c1-11(2)21(12-5-6-12)8-7-16-14(15-3)17-9-13-18-10-19-20(13)4/h10-12H,5-9H2,1-4H3,(H2,15,16,17). The van der Waals surface area contributed by atoms with Gasteiger partial charge in [0.15, 0.2) is 5.96 Å². The molecule has 1 aromatic heterocycles. The Kier molecular flexibility index (Phi) is 5.55. The highest BCUT2D eigenvalue weighted by Gasteiger charge is 2.30. The van der Waals surface area contributed by atoms with Gasteiger partial charge in [-0.25, -0.2) is 4.98 Å². The number of nitrogens with one attached hydrogen (secondary N) is 2. The topological polar surface area (TPSA) is 70.4 Å². The smallest absolute Gasteiger partial charge is 0.191 e. The largest absolute Gasteiger partial charge is 0.355 e. The van der Waals surface area contributed by atoms with E-state index in [2.05, 4.69) is 44.5 Å². The Hall–Kier alpha value is -1.63. The molecule has 0 aliphatic heterocycles. The molecular weight excluding hydrogens is 266 g/mol. The Balaban J connectivity index is 1.71. The molecule has 1 aromatic rings. The lowest BCUT2D eigenvalue weighted by Crippen LogP contribution is -2.43. The average Bonchev–Trinajstić information content (AvgIpc) is 3.21. The third-order valence-electron chi connectivity index (χ3n) is 3.78. The predicted molar refractivity (Wildman–Crippen MR) is 84.1 cm³/mol. The van der Waals surface area contributed by atoms with E-state index in [-0.39, 0.29) is 0 Å². The van der Waals surface area contributed by atoms with Crippen LogP contribution in [0.1, 0.15) is 32.5 Å². The Labute approximate surface area is 126 Å².